The number of carbonyl (C=O) groups is 2. The molecule has 2 N–H and O–H groups in total. The van der Waals surface area contributed by atoms with Crippen LogP contribution in [-0.4, -0.2) is 27.4 Å². The number of rotatable bonds is 4. The van der Waals surface area contributed by atoms with E-state index in [0.29, 0.717) is 18.7 Å². The zero-order valence-electron chi connectivity index (χ0n) is 14.8. The third kappa shape index (κ3) is 3.89. The number of aromatic nitrogens is 2. The molecular formula is C21H20N4O2. The normalized spacial score (nSPS) is 16.1. The van der Waals surface area contributed by atoms with Gasteiger partial charge in [-0.3, -0.25) is 9.59 Å². The largest absolute Gasteiger partial charge is 0.339 e. The van der Waals surface area contributed by atoms with Crippen LogP contribution in [0.3, 0.4) is 0 Å². The molecule has 0 radical (unpaired) electrons. The van der Waals surface area contributed by atoms with E-state index < -0.39 is 6.04 Å². The van der Waals surface area contributed by atoms with Crippen LogP contribution in [0.1, 0.15) is 28.0 Å². The molecule has 0 bridgehead atoms. The van der Waals surface area contributed by atoms with E-state index in [2.05, 4.69) is 15.6 Å². The van der Waals surface area contributed by atoms with E-state index in [1.807, 2.05) is 59.2 Å². The minimum atomic E-state index is -0.579. The average molecular weight is 360 g/mol. The molecule has 1 aliphatic heterocycles. The van der Waals surface area contributed by atoms with Gasteiger partial charge in [-0.15, -0.1) is 0 Å². The summed E-state index contributed by atoms with van der Waals surface area (Å²) >= 11 is 0. The number of benzene rings is 2. The van der Waals surface area contributed by atoms with Crippen molar-refractivity contribution < 1.29 is 9.59 Å². The lowest BCUT2D eigenvalue weighted by Gasteiger charge is -2.14. The van der Waals surface area contributed by atoms with Crippen molar-refractivity contribution >= 4 is 17.5 Å². The lowest BCUT2D eigenvalue weighted by atomic mass is 10.1. The molecule has 0 spiro atoms. The highest BCUT2D eigenvalue weighted by molar-refractivity contribution is 6.01. The van der Waals surface area contributed by atoms with Crippen molar-refractivity contribution in [2.24, 2.45) is 0 Å². The van der Waals surface area contributed by atoms with Gasteiger partial charge in [0.15, 0.2) is 0 Å². The predicted octanol–water partition coefficient (Wildman–Crippen LogP) is 2.61. The molecule has 6 nitrogen and oxygen atoms in total. The van der Waals surface area contributed by atoms with Gasteiger partial charge in [0.1, 0.15) is 11.7 Å². The van der Waals surface area contributed by atoms with E-state index in [-0.39, 0.29) is 11.8 Å². The number of nitrogens with one attached hydrogen (secondary N) is 2. The molecule has 136 valence electrons. The van der Waals surface area contributed by atoms with Crippen LogP contribution in [0.2, 0.25) is 0 Å². The summed E-state index contributed by atoms with van der Waals surface area (Å²) in [6.45, 7) is 0.639. The van der Waals surface area contributed by atoms with Gasteiger partial charge in [0.25, 0.3) is 5.91 Å². The molecule has 1 atom stereocenters. The molecule has 1 unspecified atom stereocenters. The molecular weight excluding hydrogens is 340 g/mol. The Morgan fingerprint density at radius 1 is 1.15 bits per heavy atom. The quantitative estimate of drug-likeness (QED) is 0.751. The molecule has 6 heteroatoms. The molecule has 27 heavy (non-hydrogen) atoms. The Morgan fingerprint density at radius 3 is 2.78 bits per heavy atom. The number of fused-ring (bicyclic) bond motifs is 1. The van der Waals surface area contributed by atoms with E-state index in [4.69, 9.17) is 0 Å². The Balaban J connectivity index is 1.41. The molecule has 0 aliphatic carbocycles. The number of nitrogens with zero attached hydrogens (tertiary/aromatic N) is 2. The maximum absolute atomic E-state index is 12.5. The van der Waals surface area contributed by atoms with E-state index in [1.165, 1.54) is 0 Å². The Morgan fingerprint density at radius 2 is 1.93 bits per heavy atom. The standard InChI is InChI=1S/C21H20N4O2/c26-20-18(11-10-16-8-4-5-9-17(16)23-20)24-21(27)19-13-25(14-22-19)12-15-6-2-1-3-7-15/h1-9,13-14,18H,10-12H2,(H,23,26)(H,24,27). The number of anilines is 1. The number of carbonyl (C=O) groups excluding carboxylic acids is 2. The molecule has 1 aromatic heterocycles. The Kier molecular flexibility index (Phi) is 4.70. The minimum Gasteiger partial charge on any atom is -0.339 e. The van der Waals surface area contributed by atoms with Crippen LogP contribution in [-0.2, 0) is 17.8 Å². The first-order valence-corrected chi connectivity index (χ1v) is 8.94. The van der Waals surface area contributed by atoms with Gasteiger partial charge in [0.05, 0.1) is 6.33 Å². The van der Waals surface area contributed by atoms with E-state index >= 15 is 0 Å². The predicted molar refractivity (Wildman–Crippen MR) is 102 cm³/mol. The van der Waals surface area contributed by atoms with Gasteiger partial charge in [-0.1, -0.05) is 48.5 Å². The fraction of sp³-hybridized carbons (Fsp3) is 0.190. The van der Waals surface area contributed by atoms with Gasteiger partial charge in [0, 0.05) is 18.4 Å². The third-order valence-electron chi connectivity index (χ3n) is 4.67. The van der Waals surface area contributed by atoms with Crippen LogP contribution in [0.5, 0.6) is 0 Å². The van der Waals surface area contributed by atoms with Crippen LogP contribution < -0.4 is 10.6 Å². The molecule has 4 rings (SSSR count). The monoisotopic (exact) mass is 360 g/mol. The fourth-order valence-corrected chi connectivity index (χ4v) is 3.24. The SMILES string of the molecule is O=C(NC1CCc2ccccc2NC1=O)c1cn(Cc2ccccc2)cn1. The van der Waals surface area contributed by atoms with Crippen LogP contribution in [0.4, 0.5) is 5.69 Å². The van der Waals surface area contributed by atoms with Gasteiger partial charge in [-0.2, -0.15) is 0 Å². The Labute approximate surface area is 157 Å². The summed E-state index contributed by atoms with van der Waals surface area (Å²) in [6.07, 6.45) is 4.61. The van der Waals surface area contributed by atoms with E-state index in [0.717, 1.165) is 23.2 Å². The van der Waals surface area contributed by atoms with E-state index in [1.54, 1.807) is 12.5 Å². The van der Waals surface area contributed by atoms with Crippen LogP contribution in [0, 0.1) is 0 Å². The Bertz CT molecular complexity index is 965. The van der Waals surface area contributed by atoms with Crippen LogP contribution in [0.25, 0.3) is 0 Å². The number of imidazole rings is 1. The lowest BCUT2D eigenvalue weighted by Crippen LogP contribution is -2.43. The Hall–Kier alpha value is -3.41. The second-order valence-corrected chi connectivity index (χ2v) is 6.63. The summed E-state index contributed by atoms with van der Waals surface area (Å²) in [7, 11) is 0. The third-order valence-corrected chi connectivity index (χ3v) is 4.67. The van der Waals surface area contributed by atoms with Crippen LogP contribution in [0.15, 0.2) is 67.1 Å². The summed E-state index contributed by atoms with van der Waals surface area (Å²) < 4.78 is 1.85. The van der Waals surface area contributed by atoms with E-state index in [9.17, 15) is 9.59 Å². The van der Waals surface area contributed by atoms with Gasteiger partial charge >= 0.3 is 0 Å². The van der Waals surface area contributed by atoms with Crippen LogP contribution >= 0.6 is 0 Å². The second-order valence-electron chi connectivity index (χ2n) is 6.63. The van der Waals surface area contributed by atoms with Crippen molar-refractivity contribution in [2.45, 2.75) is 25.4 Å². The molecule has 2 amide bonds. The molecule has 2 heterocycles. The topological polar surface area (TPSA) is 76.0 Å². The molecule has 3 aromatic rings. The summed E-state index contributed by atoms with van der Waals surface area (Å²) in [5.74, 6) is -0.537. The number of para-hydroxylation sites is 1. The highest BCUT2D eigenvalue weighted by Gasteiger charge is 2.25. The second kappa shape index (κ2) is 7.45. The molecule has 0 fully saturated rings. The first-order chi connectivity index (χ1) is 13.2. The van der Waals surface area contributed by atoms with Gasteiger partial charge in [-0.05, 0) is 30.0 Å². The summed E-state index contributed by atoms with van der Waals surface area (Å²) in [5, 5.41) is 5.70. The molecule has 1 aliphatic rings. The molecule has 2 aromatic carbocycles. The number of amides is 2. The average Bonchev–Trinajstić information content (AvgIpc) is 3.09. The highest BCUT2D eigenvalue weighted by Crippen LogP contribution is 2.21. The van der Waals surface area contributed by atoms with Crippen molar-refractivity contribution in [3.63, 3.8) is 0 Å². The maximum Gasteiger partial charge on any atom is 0.272 e. The number of aryl methyl sites for hydroxylation is 1. The van der Waals surface area contributed by atoms with Gasteiger partial charge in [0.2, 0.25) is 5.91 Å². The first-order valence-electron chi connectivity index (χ1n) is 8.94. The lowest BCUT2D eigenvalue weighted by molar-refractivity contribution is -0.118. The summed E-state index contributed by atoms with van der Waals surface area (Å²) in [6, 6.07) is 17.1. The van der Waals surface area contributed by atoms with Crippen molar-refractivity contribution in [1.29, 1.82) is 0 Å². The van der Waals surface area contributed by atoms with Gasteiger partial charge < -0.3 is 15.2 Å². The number of hydrogen-bond donors (Lipinski definition) is 2. The van der Waals surface area contributed by atoms with Crippen molar-refractivity contribution in [3.8, 4) is 0 Å². The van der Waals surface area contributed by atoms with Gasteiger partial charge in [-0.25, -0.2) is 4.98 Å². The van der Waals surface area contributed by atoms with Crippen molar-refractivity contribution in [3.05, 3.63) is 83.9 Å². The zero-order chi connectivity index (χ0) is 18.6. The summed E-state index contributed by atoms with van der Waals surface area (Å²) in [5.41, 5.74) is 3.32. The van der Waals surface area contributed by atoms with Crippen molar-refractivity contribution in [1.82, 2.24) is 14.9 Å². The smallest absolute Gasteiger partial charge is 0.272 e. The molecule has 0 saturated heterocycles. The summed E-state index contributed by atoms with van der Waals surface area (Å²) in [4.78, 5) is 29.2. The fourth-order valence-electron chi connectivity index (χ4n) is 3.24. The molecule has 0 saturated carbocycles. The first kappa shape index (κ1) is 17.0. The highest BCUT2D eigenvalue weighted by atomic mass is 16.2. The number of hydrogen-bond acceptors (Lipinski definition) is 3. The zero-order valence-corrected chi connectivity index (χ0v) is 14.8. The minimum absolute atomic E-state index is 0.197. The van der Waals surface area contributed by atoms with Crippen molar-refractivity contribution in [2.75, 3.05) is 5.32 Å². The maximum atomic E-state index is 12.5.